The Morgan fingerprint density at radius 3 is 1.57 bits per heavy atom. The van der Waals surface area contributed by atoms with Crippen LogP contribution in [0.4, 0.5) is 0 Å². The average molecular weight is 181 g/mol. The fourth-order valence-electron chi connectivity index (χ4n) is 0.248. The SMILES string of the molecule is [Co].[Fe].c1cc[n-]c1. The molecular weight excluding hydrogens is 177 g/mol. The Balaban J connectivity index is 0. The first-order valence-electron chi connectivity index (χ1n) is 1.52. The summed E-state index contributed by atoms with van der Waals surface area (Å²) in [6.45, 7) is 0. The van der Waals surface area contributed by atoms with Crippen LogP contribution >= 0.6 is 0 Å². The van der Waals surface area contributed by atoms with Crippen molar-refractivity contribution in [1.82, 2.24) is 4.98 Å². The number of nitrogens with zero attached hydrogens (tertiary/aromatic N) is 1. The monoisotopic (exact) mass is 181 g/mol. The van der Waals surface area contributed by atoms with E-state index in [1.807, 2.05) is 12.1 Å². The van der Waals surface area contributed by atoms with Crippen molar-refractivity contribution in [2.75, 3.05) is 0 Å². The first kappa shape index (κ1) is 10.3. The largest absolute Gasteiger partial charge is 0.670 e. The Labute approximate surface area is 63.6 Å². The maximum absolute atomic E-state index is 3.72. The topological polar surface area (TPSA) is 14.1 Å². The molecule has 1 aromatic heterocycles. The van der Waals surface area contributed by atoms with Gasteiger partial charge in [-0.3, -0.25) is 0 Å². The zero-order valence-electron chi connectivity index (χ0n) is 3.44. The fourth-order valence-corrected chi connectivity index (χ4v) is 0.248. The first-order valence-corrected chi connectivity index (χ1v) is 1.52. The Morgan fingerprint density at radius 2 is 1.43 bits per heavy atom. The molecule has 1 aromatic rings. The van der Waals surface area contributed by atoms with Gasteiger partial charge in [-0.2, -0.15) is 12.4 Å². The van der Waals surface area contributed by atoms with Gasteiger partial charge in [0.25, 0.3) is 0 Å². The van der Waals surface area contributed by atoms with Gasteiger partial charge < -0.3 is 4.98 Å². The van der Waals surface area contributed by atoms with E-state index in [1.54, 1.807) is 12.4 Å². The van der Waals surface area contributed by atoms with Crippen molar-refractivity contribution in [3.63, 3.8) is 0 Å². The molecule has 43 valence electrons. The van der Waals surface area contributed by atoms with Crippen LogP contribution in [0.3, 0.4) is 0 Å². The van der Waals surface area contributed by atoms with E-state index >= 15 is 0 Å². The molecule has 1 nitrogen and oxygen atoms in total. The summed E-state index contributed by atoms with van der Waals surface area (Å²) in [5.41, 5.74) is 0. The smallest absolute Gasteiger partial charge is 0 e. The van der Waals surface area contributed by atoms with E-state index < -0.39 is 0 Å². The molecule has 0 bridgehead atoms. The van der Waals surface area contributed by atoms with Crippen LogP contribution in [0, 0.1) is 0 Å². The van der Waals surface area contributed by atoms with Gasteiger partial charge in [0.05, 0.1) is 0 Å². The third-order valence-corrected chi connectivity index (χ3v) is 0.455. The molecular formula is C4H4CoFeN-. The van der Waals surface area contributed by atoms with Crippen molar-refractivity contribution in [2.24, 2.45) is 0 Å². The second kappa shape index (κ2) is 6.31. The van der Waals surface area contributed by atoms with Gasteiger partial charge in [0.2, 0.25) is 0 Å². The summed E-state index contributed by atoms with van der Waals surface area (Å²) < 4.78 is 0. The summed E-state index contributed by atoms with van der Waals surface area (Å²) in [4.78, 5) is 3.72. The third kappa shape index (κ3) is 4.15. The fraction of sp³-hybridized carbons (Fsp3) is 0. The van der Waals surface area contributed by atoms with Crippen LogP contribution in [0.5, 0.6) is 0 Å². The predicted molar refractivity (Wildman–Crippen MR) is 19.8 cm³/mol. The Hall–Kier alpha value is 0.306. The molecule has 3 heteroatoms. The minimum atomic E-state index is 0. The second-order valence-electron chi connectivity index (χ2n) is 0.832. The zero-order valence-corrected chi connectivity index (χ0v) is 5.59. The van der Waals surface area contributed by atoms with Crippen LogP contribution in [0.1, 0.15) is 0 Å². The summed E-state index contributed by atoms with van der Waals surface area (Å²) in [5, 5.41) is 0. The zero-order chi connectivity index (χ0) is 3.54. The van der Waals surface area contributed by atoms with Gasteiger partial charge in [-0.15, -0.1) is 0 Å². The molecule has 0 aromatic carbocycles. The van der Waals surface area contributed by atoms with Crippen LogP contribution < -0.4 is 4.98 Å². The molecule has 0 fully saturated rings. The molecule has 0 unspecified atom stereocenters. The van der Waals surface area contributed by atoms with Gasteiger partial charge in [0.1, 0.15) is 0 Å². The summed E-state index contributed by atoms with van der Waals surface area (Å²) in [5.74, 6) is 0. The second-order valence-corrected chi connectivity index (χ2v) is 0.832. The van der Waals surface area contributed by atoms with E-state index in [1.165, 1.54) is 0 Å². The molecule has 0 aliphatic carbocycles. The van der Waals surface area contributed by atoms with E-state index in [0.717, 1.165) is 0 Å². The van der Waals surface area contributed by atoms with Crippen LogP contribution in [0.15, 0.2) is 24.5 Å². The van der Waals surface area contributed by atoms with E-state index in [9.17, 15) is 0 Å². The van der Waals surface area contributed by atoms with Crippen molar-refractivity contribution >= 4 is 0 Å². The molecule has 0 amide bonds. The Morgan fingerprint density at radius 1 is 1.00 bits per heavy atom. The maximum atomic E-state index is 3.72. The molecule has 0 saturated carbocycles. The van der Waals surface area contributed by atoms with E-state index in [2.05, 4.69) is 4.98 Å². The van der Waals surface area contributed by atoms with Gasteiger partial charge in [-0.25, -0.2) is 0 Å². The molecule has 1 radical (unpaired) electrons. The molecule has 0 N–H and O–H groups in total. The summed E-state index contributed by atoms with van der Waals surface area (Å²) in [7, 11) is 0. The Kier molecular flexibility index (Phi) is 9.30. The quantitative estimate of drug-likeness (QED) is 0.535. The van der Waals surface area contributed by atoms with E-state index in [0.29, 0.717) is 0 Å². The summed E-state index contributed by atoms with van der Waals surface area (Å²) in [6, 6.07) is 3.78. The van der Waals surface area contributed by atoms with Crippen molar-refractivity contribution in [2.45, 2.75) is 0 Å². The predicted octanol–water partition coefficient (Wildman–Crippen LogP) is 0.639. The molecule has 0 atom stereocenters. The molecule has 0 spiro atoms. The molecule has 1 heterocycles. The number of hydrogen-bond donors (Lipinski definition) is 0. The standard InChI is InChI=1S/C4H4N.Co.Fe/c1-2-4-5-3-1;;/h1-4H;;/q-1;;. The first-order chi connectivity index (χ1) is 2.50. The van der Waals surface area contributed by atoms with Crippen LogP contribution in [0.25, 0.3) is 0 Å². The summed E-state index contributed by atoms with van der Waals surface area (Å²) >= 11 is 0. The van der Waals surface area contributed by atoms with Gasteiger partial charge in [0, 0.05) is 33.8 Å². The van der Waals surface area contributed by atoms with Gasteiger partial charge in [-0.1, -0.05) is 12.1 Å². The van der Waals surface area contributed by atoms with Crippen LogP contribution in [-0.4, -0.2) is 0 Å². The van der Waals surface area contributed by atoms with E-state index in [-0.39, 0.29) is 33.8 Å². The molecule has 1 rings (SSSR count). The van der Waals surface area contributed by atoms with Crippen LogP contribution in [0.2, 0.25) is 0 Å². The third-order valence-electron chi connectivity index (χ3n) is 0.455. The normalized spacial score (nSPS) is 5.71. The van der Waals surface area contributed by atoms with Gasteiger partial charge in [-0.05, 0) is 0 Å². The van der Waals surface area contributed by atoms with E-state index in [4.69, 9.17) is 0 Å². The van der Waals surface area contributed by atoms with Gasteiger partial charge in [0.15, 0.2) is 0 Å². The number of aromatic nitrogens is 1. The molecule has 0 aliphatic rings. The van der Waals surface area contributed by atoms with Crippen LogP contribution in [-0.2, 0) is 33.8 Å². The van der Waals surface area contributed by atoms with Gasteiger partial charge >= 0.3 is 0 Å². The molecule has 0 saturated heterocycles. The van der Waals surface area contributed by atoms with Crippen molar-refractivity contribution in [3.8, 4) is 0 Å². The molecule has 7 heavy (non-hydrogen) atoms. The maximum Gasteiger partial charge on any atom is 0 e. The van der Waals surface area contributed by atoms with Crippen molar-refractivity contribution in [1.29, 1.82) is 0 Å². The minimum absolute atomic E-state index is 0. The minimum Gasteiger partial charge on any atom is -0.670 e. The average Bonchev–Trinajstić information content (AvgIpc) is 1.76. The summed E-state index contributed by atoms with van der Waals surface area (Å²) in [6.07, 6.45) is 3.50. The molecule has 0 aliphatic heterocycles. The number of hydrogen-bond acceptors (Lipinski definition) is 0. The Bertz CT molecular complexity index is 68.2. The number of rotatable bonds is 0. The van der Waals surface area contributed by atoms with Crippen molar-refractivity contribution in [3.05, 3.63) is 24.5 Å². The van der Waals surface area contributed by atoms with Crippen molar-refractivity contribution < 1.29 is 33.8 Å².